The minimum Gasteiger partial charge on any atom is -0.444 e. The fraction of sp³-hybridized carbons (Fsp3) is 0.471. The molecule has 0 saturated heterocycles. The molecule has 0 aromatic carbocycles. The molecule has 1 unspecified atom stereocenters. The van der Waals surface area contributed by atoms with E-state index in [1.165, 1.54) is 11.3 Å². The van der Waals surface area contributed by atoms with Gasteiger partial charge in [0.25, 0.3) is 0 Å². The number of carbonyl (C=O) groups is 2. The van der Waals surface area contributed by atoms with Crippen molar-refractivity contribution in [3.8, 4) is 11.4 Å². The van der Waals surface area contributed by atoms with E-state index < -0.39 is 11.7 Å². The van der Waals surface area contributed by atoms with E-state index in [1.807, 2.05) is 30.6 Å². The van der Waals surface area contributed by atoms with E-state index in [-0.39, 0.29) is 18.4 Å². The Morgan fingerprint density at radius 1 is 1.40 bits per heavy atom. The van der Waals surface area contributed by atoms with E-state index in [4.69, 9.17) is 4.74 Å². The fourth-order valence-corrected chi connectivity index (χ4v) is 2.78. The highest BCUT2D eigenvalue weighted by Crippen LogP contribution is 2.23. The van der Waals surface area contributed by atoms with Crippen LogP contribution in [0.5, 0.6) is 0 Å². The van der Waals surface area contributed by atoms with Crippen molar-refractivity contribution in [2.75, 3.05) is 5.32 Å². The van der Waals surface area contributed by atoms with E-state index >= 15 is 0 Å². The molecule has 0 spiro atoms. The van der Waals surface area contributed by atoms with Gasteiger partial charge < -0.3 is 20.4 Å². The molecular weight excluding hydrogens is 340 g/mol. The van der Waals surface area contributed by atoms with Gasteiger partial charge in [0.05, 0.1) is 11.4 Å². The largest absolute Gasteiger partial charge is 0.444 e. The van der Waals surface area contributed by atoms with Crippen molar-refractivity contribution >= 4 is 28.5 Å². The summed E-state index contributed by atoms with van der Waals surface area (Å²) in [6.07, 6.45) is 2.15. The molecule has 2 amide bonds. The Morgan fingerprint density at radius 3 is 2.80 bits per heavy atom. The van der Waals surface area contributed by atoms with Crippen LogP contribution in [0.15, 0.2) is 23.7 Å². The highest BCUT2D eigenvalue weighted by molar-refractivity contribution is 7.14. The molecule has 0 bridgehead atoms. The molecule has 2 aromatic heterocycles. The summed E-state index contributed by atoms with van der Waals surface area (Å²) in [5.74, 6) is -0.134. The Labute approximate surface area is 151 Å². The van der Waals surface area contributed by atoms with Gasteiger partial charge in [-0.15, -0.1) is 11.3 Å². The van der Waals surface area contributed by atoms with Crippen LogP contribution in [0.3, 0.4) is 0 Å². The molecule has 7 nitrogen and oxygen atoms in total. The Bertz CT molecular complexity index is 704. The lowest BCUT2D eigenvalue weighted by Gasteiger charge is -2.21. The normalized spacial score (nSPS) is 12.5. The molecule has 0 aliphatic rings. The minimum atomic E-state index is -0.539. The summed E-state index contributed by atoms with van der Waals surface area (Å²) in [7, 11) is 0. The lowest BCUT2D eigenvalue weighted by Crippen LogP contribution is -2.38. The first-order valence-corrected chi connectivity index (χ1v) is 8.99. The number of anilines is 1. The molecule has 3 N–H and O–H groups in total. The number of ether oxygens (including phenoxy) is 1. The van der Waals surface area contributed by atoms with Crippen LogP contribution in [0.25, 0.3) is 11.4 Å². The third kappa shape index (κ3) is 6.58. The Kier molecular flexibility index (Phi) is 6.19. The van der Waals surface area contributed by atoms with E-state index in [0.29, 0.717) is 11.6 Å². The van der Waals surface area contributed by atoms with Crippen LogP contribution in [0.4, 0.5) is 9.93 Å². The number of H-pyrrole nitrogens is 1. The van der Waals surface area contributed by atoms with Crippen LogP contribution in [0.2, 0.25) is 0 Å². The molecule has 2 heterocycles. The number of carbonyl (C=O) groups excluding carboxylic acids is 2. The van der Waals surface area contributed by atoms with Gasteiger partial charge in [-0.05, 0) is 46.2 Å². The van der Waals surface area contributed by atoms with Crippen molar-refractivity contribution in [2.45, 2.75) is 52.2 Å². The maximum atomic E-state index is 12.0. The van der Waals surface area contributed by atoms with Crippen molar-refractivity contribution in [3.63, 3.8) is 0 Å². The Balaban J connectivity index is 1.74. The molecule has 2 aromatic rings. The van der Waals surface area contributed by atoms with Gasteiger partial charge in [-0.1, -0.05) is 0 Å². The number of aromatic nitrogens is 2. The topological polar surface area (TPSA) is 96.1 Å². The van der Waals surface area contributed by atoms with E-state index in [9.17, 15) is 9.59 Å². The van der Waals surface area contributed by atoms with Crippen LogP contribution in [0.1, 0.15) is 40.5 Å². The highest BCUT2D eigenvalue weighted by atomic mass is 32.1. The Morgan fingerprint density at radius 2 is 2.16 bits per heavy atom. The highest BCUT2D eigenvalue weighted by Gasteiger charge is 2.18. The average Bonchev–Trinajstić information content (AvgIpc) is 3.13. The van der Waals surface area contributed by atoms with Crippen molar-refractivity contribution in [1.82, 2.24) is 15.3 Å². The zero-order valence-electron chi connectivity index (χ0n) is 14.9. The second kappa shape index (κ2) is 8.15. The van der Waals surface area contributed by atoms with Gasteiger partial charge in [-0.2, -0.15) is 0 Å². The molecule has 0 fully saturated rings. The van der Waals surface area contributed by atoms with Crippen molar-refractivity contribution < 1.29 is 14.3 Å². The molecule has 136 valence electrons. The summed E-state index contributed by atoms with van der Waals surface area (Å²) in [6, 6.07) is 3.66. The van der Waals surface area contributed by atoms with Gasteiger partial charge in [-0.25, -0.2) is 9.78 Å². The molecule has 25 heavy (non-hydrogen) atoms. The summed E-state index contributed by atoms with van der Waals surface area (Å²) in [4.78, 5) is 31.2. The van der Waals surface area contributed by atoms with E-state index in [1.54, 1.807) is 20.8 Å². The van der Waals surface area contributed by atoms with Crippen molar-refractivity contribution in [3.05, 3.63) is 23.7 Å². The minimum absolute atomic E-state index is 0.134. The van der Waals surface area contributed by atoms with Crippen LogP contribution in [-0.4, -0.2) is 33.6 Å². The summed E-state index contributed by atoms with van der Waals surface area (Å²) in [5.41, 5.74) is 1.17. The predicted molar refractivity (Wildman–Crippen MR) is 98.6 cm³/mol. The molecule has 0 aliphatic carbocycles. The monoisotopic (exact) mass is 364 g/mol. The van der Waals surface area contributed by atoms with Crippen LogP contribution in [0, 0.1) is 0 Å². The zero-order valence-corrected chi connectivity index (χ0v) is 15.7. The first kappa shape index (κ1) is 19.0. The van der Waals surface area contributed by atoms with Crippen molar-refractivity contribution in [2.24, 2.45) is 0 Å². The fourth-order valence-electron chi connectivity index (χ4n) is 2.05. The SMILES string of the molecule is CC(CCC(=O)Nc1nc(-c2ccc[nH]2)cs1)NC(=O)OC(C)(C)C. The van der Waals surface area contributed by atoms with Gasteiger partial charge >= 0.3 is 6.09 Å². The lowest BCUT2D eigenvalue weighted by molar-refractivity contribution is -0.116. The standard InChI is InChI=1S/C17H24N4O3S/c1-11(19-16(23)24-17(2,3)4)7-8-14(22)21-15-20-13(10-25-15)12-6-5-9-18-12/h5-6,9-11,18H,7-8H2,1-4H3,(H,19,23)(H,20,21,22). The second-order valence-electron chi connectivity index (χ2n) is 6.76. The maximum Gasteiger partial charge on any atom is 0.407 e. The number of alkyl carbamates (subject to hydrolysis) is 1. The van der Waals surface area contributed by atoms with Crippen molar-refractivity contribution in [1.29, 1.82) is 0 Å². The molecule has 0 aliphatic heterocycles. The molecule has 0 radical (unpaired) electrons. The quantitative estimate of drug-likeness (QED) is 0.727. The van der Waals surface area contributed by atoms with Gasteiger partial charge in [0.2, 0.25) is 5.91 Å². The number of rotatable bonds is 6. The third-order valence-electron chi connectivity index (χ3n) is 3.19. The number of nitrogens with zero attached hydrogens (tertiary/aromatic N) is 1. The number of hydrogen-bond donors (Lipinski definition) is 3. The Hall–Kier alpha value is -2.35. The molecule has 8 heteroatoms. The number of nitrogens with one attached hydrogen (secondary N) is 3. The number of thiazole rings is 1. The maximum absolute atomic E-state index is 12.0. The molecular formula is C17H24N4O3S. The van der Waals surface area contributed by atoms with Gasteiger partial charge in [-0.3, -0.25) is 4.79 Å². The molecule has 1 atom stereocenters. The van der Waals surface area contributed by atoms with E-state index in [0.717, 1.165) is 11.4 Å². The van der Waals surface area contributed by atoms with Gasteiger partial charge in [0.1, 0.15) is 5.60 Å². The first-order valence-electron chi connectivity index (χ1n) is 8.11. The number of amides is 2. The summed E-state index contributed by atoms with van der Waals surface area (Å²) < 4.78 is 5.19. The first-order chi connectivity index (χ1) is 11.7. The zero-order chi connectivity index (χ0) is 18.4. The smallest absolute Gasteiger partial charge is 0.407 e. The van der Waals surface area contributed by atoms with Gasteiger partial charge in [0.15, 0.2) is 5.13 Å². The number of hydrogen-bond acceptors (Lipinski definition) is 5. The molecule has 0 saturated carbocycles. The summed E-state index contributed by atoms with van der Waals surface area (Å²) in [5, 5.41) is 7.94. The summed E-state index contributed by atoms with van der Waals surface area (Å²) in [6.45, 7) is 7.25. The second-order valence-corrected chi connectivity index (χ2v) is 7.61. The average molecular weight is 364 g/mol. The van der Waals surface area contributed by atoms with Crippen LogP contribution < -0.4 is 10.6 Å². The van der Waals surface area contributed by atoms with Crippen LogP contribution in [-0.2, 0) is 9.53 Å². The molecule has 2 rings (SSSR count). The van der Waals surface area contributed by atoms with Crippen LogP contribution >= 0.6 is 11.3 Å². The predicted octanol–water partition coefficient (Wildman–Crippen LogP) is 3.77. The summed E-state index contributed by atoms with van der Waals surface area (Å²) >= 11 is 1.37. The lowest BCUT2D eigenvalue weighted by atomic mass is 10.2. The third-order valence-corrected chi connectivity index (χ3v) is 3.95. The van der Waals surface area contributed by atoms with Gasteiger partial charge in [0, 0.05) is 24.0 Å². The number of aromatic amines is 1. The van der Waals surface area contributed by atoms with E-state index in [2.05, 4.69) is 20.6 Å².